The van der Waals surface area contributed by atoms with Crippen molar-refractivity contribution < 1.29 is 23.9 Å². The lowest BCUT2D eigenvalue weighted by Crippen LogP contribution is -2.45. The lowest BCUT2D eigenvalue weighted by molar-refractivity contribution is -0.143. The topological polar surface area (TPSA) is 84.9 Å². The van der Waals surface area contributed by atoms with Crippen LogP contribution in [0.5, 0.6) is 0 Å². The molecule has 0 saturated carbocycles. The van der Waals surface area contributed by atoms with Gasteiger partial charge >= 0.3 is 12.1 Å². The van der Waals surface area contributed by atoms with Crippen molar-refractivity contribution in [3.63, 3.8) is 0 Å². The maximum Gasteiger partial charge on any atom is 0.408 e. The molecule has 0 bridgehead atoms. The third-order valence-corrected chi connectivity index (χ3v) is 3.93. The molecule has 0 aromatic heterocycles. The molecule has 0 radical (unpaired) electrons. The smallest absolute Gasteiger partial charge is 0.408 e. The molecule has 27 heavy (non-hydrogen) atoms. The summed E-state index contributed by atoms with van der Waals surface area (Å²) < 4.78 is 9.86. The van der Waals surface area contributed by atoms with Gasteiger partial charge in [0, 0.05) is 12.6 Å². The Balaban J connectivity index is 2.86. The number of carbonyl (C=O) groups is 3. The van der Waals surface area contributed by atoms with Crippen LogP contribution in [-0.4, -0.2) is 48.2 Å². The van der Waals surface area contributed by atoms with E-state index in [1.807, 2.05) is 31.2 Å². The van der Waals surface area contributed by atoms with E-state index in [1.54, 1.807) is 32.6 Å². The molecule has 0 aliphatic heterocycles. The van der Waals surface area contributed by atoms with Crippen molar-refractivity contribution in [2.45, 2.75) is 59.2 Å². The quantitative estimate of drug-likeness (QED) is 0.738. The lowest BCUT2D eigenvalue weighted by Gasteiger charge is -2.30. The highest BCUT2D eigenvalue weighted by atomic mass is 16.6. The zero-order chi connectivity index (χ0) is 20.6. The highest BCUT2D eigenvalue weighted by molar-refractivity contribution is 5.83. The van der Waals surface area contributed by atoms with Crippen molar-refractivity contribution in [1.29, 1.82) is 0 Å². The van der Waals surface area contributed by atoms with Crippen molar-refractivity contribution in [1.82, 2.24) is 10.2 Å². The first-order valence-electron chi connectivity index (χ1n) is 8.91. The van der Waals surface area contributed by atoms with E-state index in [0.29, 0.717) is 6.54 Å². The summed E-state index contributed by atoms with van der Waals surface area (Å²) in [5.74, 6) is -0.703. The number of methoxy groups -OCH3 is 1. The van der Waals surface area contributed by atoms with Crippen molar-refractivity contribution in [3.05, 3.63) is 35.4 Å². The molecule has 7 heteroatoms. The Bertz CT molecular complexity index is 667. The SMILES string of the molecule is COC(=O)C[C@@H](C)N(Cc1ccccc1C)C(=O)CNC(=O)OC(C)(C)C. The Morgan fingerprint density at radius 3 is 2.37 bits per heavy atom. The van der Waals surface area contributed by atoms with Gasteiger partial charge in [-0.15, -0.1) is 0 Å². The summed E-state index contributed by atoms with van der Waals surface area (Å²) in [6, 6.07) is 7.33. The molecule has 0 spiro atoms. The number of amides is 2. The van der Waals surface area contributed by atoms with E-state index in [0.717, 1.165) is 11.1 Å². The molecule has 0 aliphatic rings. The number of nitrogens with zero attached hydrogens (tertiary/aromatic N) is 1. The van der Waals surface area contributed by atoms with Gasteiger partial charge < -0.3 is 19.7 Å². The molecule has 1 aromatic rings. The second kappa shape index (κ2) is 9.94. The molecule has 7 nitrogen and oxygen atoms in total. The number of ether oxygens (including phenoxy) is 2. The number of carbonyl (C=O) groups excluding carboxylic acids is 3. The van der Waals surface area contributed by atoms with Crippen molar-refractivity contribution in [2.24, 2.45) is 0 Å². The van der Waals surface area contributed by atoms with Gasteiger partial charge in [-0.1, -0.05) is 24.3 Å². The summed E-state index contributed by atoms with van der Waals surface area (Å²) in [5.41, 5.74) is 1.37. The van der Waals surface area contributed by atoms with Crippen LogP contribution in [0.3, 0.4) is 0 Å². The van der Waals surface area contributed by atoms with Gasteiger partial charge in [0.05, 0.1) is 13.5 Å². The van der Waals surface area contributed by atoms with Crippen LogP contribution in [-0.2, 0) is 25.6 Å². The number of rotatable bonds is 7. The first-order chi connectivity index (χ1) is 12.5. The molecule has 0 unspecified atom stereocenters. The Hall–Kier alpha value is -2.57. The van der Waals surface area contributed by atoms with E-state index in [1.165, 1.54) is 7.11 Å². The monoisotopic (exact) mass is 378 g/mol. The maximum absolute atomic E-state index is 12.7. The number of hydrogen-bond donors (Lipinski definition) is 1. The lowest BCUT2D eigenvalue weighted by atomic mass is 10.1. The Morgan fingerprint density at radius 1 is 1.19 bits per heavy atom. The van der Waals surface area contributed by atoms with Crippen molar-refractivity contribution >= 4 is 18.0 Å². The highest BCUT2D eigenvalue weighted by Gasteiger charge is 2.24. The van der Waals surface area contributed by atoms with Crippen molar-refractivity contribution in [3.8, 4) is 0 Å². The normalized spacial score (nSPS) is 12.1. The summed E-state index contributed by atoms with van der Waals surface area (Å²) in [4.78, 5) is 37.8. The van der Waals surface area contributed by atoms with Crippen molar-refractivity contribution in [2.75, 3.05) is 13.7 Å². The molecule has 0 heterocycles. The second-order valence-corrected chi connectivity index (χ2v) is 7.43. The average Bonchev–Trinajstić information content (AvgIpc) is 2.57. The minimum atomic E-state index is -0.660. The summed E-state index contributed by atoms with van der Waals surface area (Å²) in [6.07, 6.45) is -0.590. The van der Waals surface area contributed by atoms with E-state index >= 15 is 0 Å². The summed E-state index contributed by atoms with van der Waals surface area (Å²) in [7, 11) is 1.31. The van der Waals surface area contributed by atoms with Crippen LogP contribution in [0.2, 0.25) is 0 Å². The number of benzene rings is 1. The number of aryl methyl sites for hydroxylation is 1. The number of hydrogen-bond acceptors (Lipinski definition) is 5. The fourth-order valence-electron chi connectivity index (χ4n) is 2.46. The molecule has 1 rings (SSSR count). The van der Waals surface area contributed by atoms with Gasteiger partial charge in [-0.05, 0) is 45.7 Å². The Morgan fingerprint density at radius 2 is 1.81 bits per heavy atom. The van der Waals surface area contributed by atoms with E-state index in [2.05, 4.69) is 5.32 Å². The van der Waals surface area contributed by atoms with Crippen LogP contribution in [0.1, 0.15) is 45.2 Å². The first kappa shape index (κ1) is 22.5. The summed E-state index contributed by atoms with van der Waals surface area (Å²) in [6.45, 7) is 9.10. The van der Waals surface area contributed by atoms with Gasteiger partial charge in [-0.25, -0.2) is 4.79 Å². The minimum Gasteiger partial charge on any atom is -0.469 e. The zero-order valence-electron chi connectivity index (χ0n) is 17.0. The van der Waals surface area contributed by atoms with E-state index in [4.69, 9.17) is 9.47 Å². The average molecular weight is 378 g/mol. The molecule has 1 aromatic carbocycles. The molecule has 1 N–H and O–H groups in total. The standard InChI is InChI=1S/C20H30N2O5/c1-14-9-7-8-10-16(14)13-22(15(2)11-18(24)26-6)17(23)12-21-19(25)27-20(3,4)5/h7-10,15H,11-13H2,1-6H3,(H,21,25)/t15-/m1/s1. The fraction of sp³-hybridized carbons (Fsp3) is 0.550. The van der Waals surface area contributed by atoms with Crippen LogP contribution in [0.15, 0.2) is 24.3 Å². The largest absolute Gasteiger partial charge is 0.469 e. The van der Waals surface area contributed by atoms with Gasteiger partial charge in [0.15, 0.2) is 0 Å². The molecule has 1 atom stereocenters. The van der Waals surface area contributed by atoms with Gasteiger partial charge in [-0.3, -0.25) is 9.59 Å². The molecule has 0 saturated heterocycles. The number of alkyl carbamates (subject to hydrolysis) is 1. The maximum atomic E-state index is 12.7. The molecule has 0 aliphatic carbocycles. The number of nitrogens with one attached hydrogen (secondary N) is 1. The van der Waals surface area contributed by atoms with E-state index in [9.17, 15) is 14.4 Å². The number of esters is 1. The first-order valence-corrected chi connectivity index (χ1v) is 8.91. The highest BCUT2D eigenvalue weighted by Crippen LogP contribution is 2.15. The fourth-order valence-corrected chi connectivity index (χ4v) is 2.46. The van der Waals surface area contributed by atoms with Crippen LogP contribution < -0.4 is 5.32 Å². The van der Waals surface area contributed by atoms with Gasteiger partial charge in [0.1, 0.15) is 12.1 Å². The molecule has 2 amide bonds. The van der Waals surface area contributed by atoms with E-state index in [-0.39, 0.29) is 24.9 Å². The predicted molar refractivity (Wildman–Crippen MR) is 102 cm³/mol. The Labute approximate surface area is 161 Å². The molecule has 150 valence electrons. The van der Waals surface area contributed by atoms with Crippen LogP contribution in [0.4, 0.5) is 4.79 Å². The third-order valence-electron chi connectivity index (χ3n) is 3.93. The van der Waals surface area contributed by atoms with Gasteiger partial charge in [-0.2, -0.15) is 0 Å². The second-order valence-electron chi connectivity index (χ2n) is 7.43. The minimum absolute atomic E-state index is 0.0700. The molecular weight excluding hydrogens is 348 g/mol. The van der Waals surface area contributed by atoms with Gasteiger partial charge in [0.25, 0.3) is 0 Å². The Kier molecular flexibility index (Phi) is 8.28. The predicted octanol–water partition coefficient (Wildman–Crippen LogP) is 2.80. The summed E-state index contributed by atoms with van der Waals surface area (Å²) >= 11 is 0. The third kappa shape index (κ3) is 8.11. The zero-order valence-corrected chi connectivity index (χ0v) is 17.0. The molecular formula is C20H30N2O5. The van der Waals surface area contributed by atoms with E-state index < -0.39 is 17.7 Å². The van der Waals surface area contributed by atoms with Crippen LogP contribution >= 0.6 is 0 Å². The van der Waals surface area contributed by atoms with Gasteiger partial charge in [0.2, 0.25) is 5.91 Å². The summed E-state index contributed by atoms with van der Waals surface area (Å²) in [5, 5.41) is 2.47. The molecule has 0 fully saturated rings. The van der Waals surface area contributed by atoms with Crippen LogP contribution in [0, 0.1) is 6.92 Å². The van der Waals surface area contributed by atoms with Crippen LogP contribution in [0.25, 0.3) is 0 Å².